The lowest BCUT2D eigenvalue weighted by atomic mass is 10.2. The molecule has 0 aliphatic heterocycles. The van der Waals surface area contributed by atoms with Gasteiger partial charge in [-0.05, 0) is 50.2 Å². The second kappa shape index (κ2) is 16.4. The van der Waals surface area contributed by atoms with Crippen LogP contribution in [0.15, 0.2) is 134 Å². The third-order valence-electron chi connectivity index (χ3n) is 7.34. The van der Waals surface area contributed by atoms with Gasteiger partial charge in [-0.1, -0.05) is 78.9 Å². The molecule has 0 aliphatic carbocycles. The van der Waals surface area contributed by atoms with Crippen molar-refractivity contribution >= 4 is 56.7 Å². The van der Waals surface area contributed by atoms with Crippen LogP contribution in [0.3, 0.4) is 0 Å². The third-order valence-corrected chi connectivity index (χ3v) is 7.34. The molecule has 5 N–H and O–H groups in total. The summed E-state index contributed by atoms with van der Waals surface area (Å²) in [6.45, 7) is 4.28. The van der Waals surface area contributed by atoms with E-state index in [1.807, 2.05) is 146 Å². The van der Waals surface area contributed by atoms with Crippen molar-refractivity contribution < 1.29 is 5.11 Å². The summed E-state index contributed by atoms with van der Waals surface area (Å²) in [5, 5.41) is 32.0. The molecule has 0 aliphatic rings. The Balaban J connectivity index is 0.000000158. The van der Waals surface area contributed by atoms with Crippen molar-refractivity contribution in [3.63, 3.8) is 0 Å². The zero-order chi connectivity index (χ0) is 34.5. The van der Waals surface area contributed by atoms with Crippen LogP contribution in [0.1, 0.15) is 11.4 Å². The van der Waals surface area contributed by atoms with E-state index >= 15 is 0 Å². The van der Waals surface area contributed by atoms with Crippen LogP contribution in [0.5, 0.6) is 0 Å². The van der Waals surface area contributed by atoms with Crippen LogP contribution >= 0.6 is 0 Å². The molecule has 8 aromatic rings. The minimum atomic E-state index is -0.00754. The molecule has 0 atom stereocenters. The van der Waals surface area contributed by atoms with Crippen molar-refractivity contribution in [3.05, 3.63) is 145 Å². The first kappa shape index (κ1) is 33.2. The SMILES string of the molecule is Cc1cc(Nc2nc(N(CCO)c3ccccc3)nc3ccccc23)n[nH]1.Cc1cc(Nc2ncnc3ccccc23)n[nH]1.c1ccccc1. The summed E-state index contributed by atoms with van der Waals surface area (Å²) in [4.78, 5) is 19.8. The molecule has 12 heteroatoms. The van der Waals surface area contributed by atoms with Gasteiger partial charge >= 0.3 is 0 Å². The average molecular weight is 664 g/mol. The molecule has 0 amide bonds. The molecule has 0 saturated carbocycles. The molecule has 0 saturated heterocycles. The maximum Gasteiger partial charge on any atom is 0.232 e. The molecule has 8 rings (SSSR count). The summed E-state index contributed by atoms with van der Waals surface area (Å²) < 4.78 is 0. The predicted octanol–water partition coefficient (Wildman–Crippen LogP) is 7.63. The van der Waals surface area contributed by atoms with E-state index in [4.69, 9.17) is 9.97 Å². The summed E-state index contributed by atoms with van der Waals surface area (Å²) in [5.41, 5.74) is 4.62. The fourth-order valence-corrected chi connectivity index (χ4v) is 5.03. The van der Waals surface area contributed by atoms with Gasteiger partial charge in [-0.15, -0.1) is 0 Å². The van der Waals surface area contributed by atoms with Crippen LogP contribution in [-0.4, -0.2) is 58.6 Å². The minimum Gasteiger partial charge on any atom is -0.395 e. The monoisotopic (exact) mass is 663 g/mol. The topological polar surface area (TPSA) is 156 Å². The van der Waals surface area contributed by atoms with E-state index in [1.165, 1.54) is 0 Å². The van der Waals surface area contributed by atoms with Crippen LogP contribution in [0.25, 0.3) is 21.8 Å². The van der Waals surface area contributed by atoms with E-state index in [0.717, 1.165) is 50.5 Å². The summed E-state index contributed by atoms with van der Waals surface area (Å²) in [6, 6.07) is 41.3. The van der Waals surface area contributed by atoms with Crippen LogP contribution < -0.4 is 15.5 Å². The Labute approximate surface area is 289 Å². The van der Waals surface area contributed by atoms with Crippen molar-refractivity contribution in [3.8, 4) is 0 Å². The molecule has 0 radical (unpaired) electrons. The number of rotatable bonds is 8. The van der Waals surface area contributed by atoms with Crippen molar-refractivity contribution in [2.75, 3.05) is 28.7 Å². The molecular formula is C38H37N11O. The molecule has 50 heavy (non-hydrogen) atoms. The standard InChI is InChI=1S/C20H20N6O.C12H11N5.C6H6/c1-14-13-18(25-24-14)22-19-16-9-5-6-10-17(16)21-20(23-19)26(11-12-27)15-7-3-2-4-8-15;1-8-6-11(17-16-8)15-12-9-4-2-3-5-10(9)13-7-14-12;1-2-4-6-5-3-1/h2-10,13,27H,11-12H2,1H3,(H2,21,22,23,24,25);2-7H,1H3,(H2,13,14,15,16,17);1-6H. The highest BCUT2D eigenvalue weighted by Crippen LogP contribution is 2.29. The lowest BCUT2D eigenvalue weighted by molar-refractivity contribution is 0.305. The van der Waals surface area contributed by atoms with Crippen molar-refractivity contribution in [2.45, 2.75) is 13.8 Å². The molecular weight excluding hydrogens is 626 g/mol. The molecule has 4 aromatic carbocycles. The summed E-state index contributed by atoms with van der Waals surface area (Å²) in [5.74, 6) is 3.40. The number of nitrogens with zero attached hydrogens (tertiary/aromatic N) is 7. The van der Waals surface area contributed by atoms with E-state index < -0.39 is 0 Å². The zero-order valence-corrected chi connectivity index (χ0v) is 27.7. The molecule has 0 unspecified atom stereocenters. The predicted molar refractivity (Wildman–Crippen MR) is 199 cm³/mol. The number of fused-ring (bicyclic) bond motifs is 2. The number of hydrogen-bond donors (Lipinski definition) is 5. The first-order valence-electron chi connectivity index (χ1n) is 16.1. The Morgan fingerprint density at radius 3 is 1.70 bits per heavy atom. The number of aliphatic hydroxyl groups excluding tert-OH is 1. The molecule has 4 heterocycles. The van der Waals surface area contributed by atoms with E-state index in [0.29, 0.717) is 24.1 Å². The van der Waals surface area contributed by atoms with Gasteiger partial charge in [-0.25, -0.2) is 15.0 Å². The third kappa shape index (κ3) is 8.62. The average Bonchev–Trinajstić information content (AvgIpc) is 3.78. The number of benzene rings is 4. The van der Waals surface area contributed by atoms with Gasteiger partial charge in [0.05, 0.1) is 17.6 Å². The van der Waals surface area contributed by atoms with Crippen LogP contribution in [0.4, 0.5) is 34.9 Å². The van der Waals surface area contributed by atoms with Gasteiger partial charge in [0.15, 0.2) is 11.6 Å². The number of aromatic amines is 2. The number of anilines is 6. The number of aryl methyl sites for hydroxylation is 2. The Hall–Kier alpha value is -6.66. The normalized spacial score (nSPS) is 10.5. The van der Waals surface area contributed by atoms with Gasteiger partial charge in [0.2, 0.25) is 5.95 Å². The Morgan fingerprint density at radius 2 is 1.12 bits per heavy atom. The molecule has 0 spiro atoms. The smallest absolute Gasteiger partial charge is 0.232 e. The van der Waals surface area contributed by atoms with Crippen molar-refractivity contribution in [2.24, 2.45) is 0 Å². The summed E-state index contributed by atoms with van der Waals surface area (Å²) in [6.07, 6.45) is 1.55. The number of aliphatic hydroxyl groups is 1. The van der Waals surface area contributed by atoms with E-state index in [2.05, 4.69) is 41.0 Å². The van der Waals surface area contributed by atoms with E-state index in [-0.39, 0.29) is 6.61 Å². The van der Waals surface area contributed by atoms with Gasteiger partial charge in [-0.2, -0.15) is 15.2 Å². The Bertz CT molecular complexity index is 2210. The highest BCUT2D eigenvalue weighted by atomic mass is 16.3. The molecule has 0 bridgehead atoms. The minimum absolute atomic E-state index is 0.00754. The Morgan fingerprint density at radius 1 is 0.600 bits per heavy atom. The van der Waals surface area contributed by atoms with Gasteiger partial charge in [0.1, 0.15) is 18.0 Å². The van der Waals surface area contributed by atoms with Crippen molar-refractivity contribution in [1.82, 2.24) is 40.3 Å². The highest BCUT2D eigenvalue weighted by Gasteiger charge is 2.16. The first-order chi connectivity index (χ1) is 24.6. The molecule has 12 nitrogen and oxygen atoms in total. The first-order valence-corrected chi connectivity index (χ1v) is 16.1. The second-order valence-electron chi connectivity index (χ2n) is 11.1. The Kier molecular flexibility index (Phi) is 10.9. The van der Waals surface area contributed by atoms with Gasteiger partial charge in [0.25, 0.3) is 0 Å². The lowest BCUT2D eigenvalue weighted by Crippen LogP contribution is -2.23. The fourth-order valence-electron chi connectivity index (χ4n) is 5.03. The number of hydrogen-bond acceptors (Lipinski definition) is 10. The fraction of sp³-hybridized carbons (Fsp3) is 0.105. The number of aromatic nitrogens is 8. The maximum atomic E-state index is 9.55. The quantitative estimate of drug-likeness (QED) is 0.110. The lowest BCUT2D eigenvalue weighted by Gasteiger charge is -2.23. The van der Waals surface area contributed by atoms with Gasteiger partial charge < -0.3 is 20.6 Å². The van der Waals surface area contributed by atoms with Crippen LogP contribution in [0, 0.1) is 13.8 Å². The van der Waals surface area contributed by atoms with E-state index in [1.54, 1.807) is 6.33 Å². The number of nitrogens with one attached hydrogen (secondary N) is 4. The summed E-state index contributed by atoms with van der Waals surface area (Å²) in [7, 11) is 0. The number of H-pyrrole nitrogens is 2. The van der Waals surface area contributed by atoms with Gasteiger partial charge in [-0.3, -0.25) is 10.2 Å². The van der Waals surface area contributed by atoms with Crippen LogP contribution in [-0.2, 0) is 0 Å². The largest absolute Gasteiger partial charge is 0.395 e. The van der Waals surface area contributed by atoms with Gasteiger partial charge in [0, 0.05) is 46.5 Å². The highest BCUT2D eigenvalue weighted by molar-refractivity contribution is 5.92. The molecule has 4 aromatic heterocycles. The second-order valence-corrected chi connectivity index (χ2v) is 11.1. The molecule has 250 valence electrons. The molecule has 0 fully saturated rings. The number of para-hydroxylation sites is 3. The summed E-state index contributed by atoms with van der Waals surface area (Å²) >= 11 is 0. The van der Waals surface area contributed by atoms with Crippen LogP contribution in [0.2, 0.25) is 0 Å². The maximum absolute atomic E-state index is 9.55. The van der Waals surface area contributed by atoms with E-state index in [9.17, 15) is 5.11 Å². The van der Waals surface area contributed by atoms with Crippen molar-refractivity contribution in [1.29, 1.82) is 0 Å². The zero-order valence-electron chi connectivity index (χ0n) is 27.7.